The SMILES string of the molecule is CN1CCC(=O)c2ccn(CCCCN3CCC(C)(c4ccccc4)CC3)c2C1=O. The number of rotatable bonds is 6. The first-order valence-electron chi connectivity index (χ1n) is 11.2. The molecule has 4 rings (SSSR count). The van der Waals surface area contributed by atoms with E-state index >= 15 is 0 Å². The molecule has 1 aromatic carbocycles. The number of fused-ring (bicyclic) bond motifs is 1. The minimum absolute atomic E-state index is 0.0305. The number of carbonyl (C=O) groups excluding carboxylic acids is 2. The quantitative estimate of drug-likeness (QED) is 0.681. The number of aromatic nitrogens is 1. The molecule has 5 heteroatoms. The Labute approximate surface area is 179 Å². The Morgan fingerprint density at radius 2 is 1.63 bits per heavy atom. The molecule has 1 amide bonds. The summed E-state index contributed by atoms with van der Waals surface area (Å²) in [6, 6.07) is 12.7. The smallest absolute Gasteiger partial charge is 0.270 e. The standard InChI is InChI=1S/C25H33N3O2/c1-25(20-8-4-3-5-9-20)12-18-27(19-13-25)14-6-7-15-28-17-10-21-22(29)11-16-26(2)24(30)23(21)28/h3-5,8-10,17H,6-7,11-16,18-19H2,1-2H3. The summed E-state index contributed by atoms with van der Waals surface area (Å²) < 4.78 is 1.99. The van der Waals surface area contributed by atoms with Crippen molar-refractivity contribution in [1.29, 1.82) is 0 Å². The predicted molar refractivity (Wildman–Crippen MR) is 119 cm³/mol. The fourth-order valence-electron chi connectivity index (χ4n) is 4.83. The lowest BCUT2D eigenvalue weighted by atomic mass is 9.74. The van der Waals surface area contributed by atoms with Crippen molar-refractivity contribution >= 4 is 11.7 Å². The monoisotopic (exact) mass is 407 g/mol. The summed E-state index contributed by atoms with van der Waals surface area (Å²) in [5.74, 6) is 0.0494. The highest BCUT2D eigenvalue weighted by Gasteiger charge is 2.31. The number of piperidine rings is 1. The molecule has 0 N–H and O–H groups in total. The van der Waals surface area contributed by atoms with Gasteiger partial charge in [0.25, 0.3) is 5.91 Å². The van der Waals surface area contributed by atoms with Gasteiger partial charge in [0, 0.05) is 38.3 Å². The molecule has 2 aliphatic rings. The Balaban J connectivity index is 1.27. The van der Waals surface area contributed by atoms with Crippen LogP contribution in [0.1, 0.15) is 65.4 Å². The van der Waals surface area contributed by atoms with Crippen LogP contribution in [0.3, 0.4) is 0 Å². The predicted octanol–water partition coefficient (Wildman–Crippen LogP) is 3.98. The number of amides is 1. The first kappa shape index (κ1) is 20.9. The Morgan fingerprint density at radius 1 is 0.933 bits per heavy atom. The molecule has 0 aliphatic carbocycles. The number of ketones is 1. The zero-order chi connectivity index (χ0) is 21.1. The van der Waals surface area contributed by atoms with Crippen LogP contribution in [0.2, 0.25) is 0 Å². The van der Waals surface area contributed by atoms with Crippen molar-refractivity contribution in [2.45, 2.75) is 51.0 Å². The summed E-state index contributed by atoms with van der Waals surface area (Å²) in [5, 5.41) is 0. The number of benzene rings is 1. The van der Waals surface area contributed by atoms with Crippen molar-refractivity contribution in [2.75, 3.05) is 33.2 Å². The minimum Gasteiger partial charge on any atom is -0.343 e. The Bertz CT molecular complexity index is 894. The number of aryl methyl sites for hydroxylation is 1. The molecule has 1 saturated heterocycles. The van der Waals surface area contributed by atoms with Gasteiger partial charge in [0.15, 0.2) is 5.78 Å². The minimum atomic E-state index is -0.0305. The lowest BCUT2D eigenvalue weighted by molar-refractivity contribution is 0.0787. The first-order valence-corrected chi connectivity index (χ1v) is 11.2. The van der Waals surface area contributed by atoms with E-state index < -0.39 is 0 Å². The fourth-order valence-corrected chi connectivity index (χ4v) is 4.83. The van der Waals surface area contributed by atoms with Gasteiger partial charge in [0.05, 0.1) is 0 Å². The molecule has 2 aromatic rings. The Kier molecular flexibility index (Phi) is 6.09. The van der Waals surface area contributed by atoms with Crippen molar-refractivity contribution < 1.29 is 9.59 Å². The second-order valence-corrected chi connectivity index (χ2v) is 9.15. The lowest BCUT2D eigenvalue weighted by Crippen LogP contribution is -2.41. The summed E-state index contributed by atoms with van der Waals surface area (Å²) in [5.41, 5.74) is 2.93. The van der Waals surface area contributed by atoms with E-state index in [2.05, 4.69) is 42.2 Å². The van der Waals surface area contributed by atoms with Crippen molar-refractivity contribution in [3.8, 4) is 0 Å². The highest BCUT2D eigenvalue weighted by Crippen LogP contribution is 2.34. The van der Waals surface area contributed by atoms with E-state index in [1.54, 1.807) is 11.9 Å². The van der Waals surface area contributed by atoms with Gasteiger partial charge in [-0.1, -0.05) is 37.3 Å². The van der Waals surface area contributed by atoms with E-state index in [0.29, 0.717) is 29.6 Å². The first-order chi connectivity index (χ1) is 14.5. The van der Waals surface area contributed by atoms with E-state index in [-0.39, 0.29) is 11.7 Å². The van der Waals surface area contributed by atoms with Gasteiger partial charge in [-0.15, -0.1) is 0 Å². The van der Waals surface area contributed by atoms with Crippen LogP contribution in [0, 0.1) is 0 Å². The Hall–Kier alpha value is -2.40. The molecule has 30 heavy (non-hydrogen) atoms. The van der Waals surface area contributed by atoms with Crippen LogP contribution in [-0.2, 0) is 12.0 Å². The van der Waals surface area contributed by atoms with Crippen molar-refractivity contribution in [1.82, 2.24) is 14.4 Å². The molecule has 1 aromatic heterocycles. The van der Waals surface area contributed by atoms with Gasteiger partial charge in [0.1, 0.15) is 5.69 Å². The topological polar surface area (TPSA) is 45.6 Å². The number of carbonyl (C=O) groups is 2. The molecule has 5 nitrogen and oxygen atoms in total. The molecule has 0 saturated carbocycles. The van der Waals surface area contributed by atoms with Crippen molar-refractivity contribution in [3.63, 3.8) is 0 Å². The number of Topliss-reactive ketones (excluding diaryl/α,β-unsaturated/α-hetero) is 1. The van der Waals surface area contributed by atoms with Gasteiger partial charge >= 0.3 is 0 Å². The number of likely N-dealkylation sites (tertiary alicyclic amines) is 1. The average molecular weight is 408 g/mol. The van der Waals surface area contributed by atoms with Gasteiger partial charge < -0.3 is 14.4 Å². The molecular weight excluding hydrogens is 374 g/mol. The van der Waals surface area contributed by atoms with Gasteiger partial charge in [-0.25, -0.2) is 0 Å². The largest absolute Gasteiger partial charge is 0.343 e. The highest BCUT2D eigenvalue weighted by atomic mass is 16.2. The van der Waals surface area contributed by atoms with Gasteiger partial charge in [0.2, 0.25) is 0 Å². The second kappa shape index (κ2) is 8.76. The molecule has 0 spiro atoms. The number of unbranched alkanes of at least 4 members (excludes halogenated alkanes) is 1. The van der Waals surface area contributed by atoms with Crippen LogP contribution in [0.15, 0.2) is 42.6 Å². The second-order valence-electron chi connectivity index (χ2n) is 9.15. The molecule has 0 radical (unpaired) electrons. The average Bonchev–Trinajstić information content (AvgIpc) is 3.16. The van der Waals surface area contributed by atoms with Gasteiger partial charge in [-0.2, -0.15) is 0 Å². The zero-order valence-corrected chi connectivity index (χ0v) is 18.3. The Morgan fingerprint density at radius 3 is 2.37 bits per heavy atom. The van der Waals surface area contributed by atoms with E-state index in [0.717, 1.165) is 39.0 Å². The zero-order valence-electron chi connectivity index (χ0n) is 18.3. The molecule has 0 unspecified atom stereocenters. The maximum Gasteiger partial charge on any atom is 0.270 e. The summed E-state index contributed by atoms with van der Waals surface area (Å²) >= 11 is 0. The molecule has 2 aliphatic heterocycles. The third kappa shape index (κ3) is 4.22. The summed E-state index contributed by atoms with van der Waals surface area (Å²) in [6.45, 7) is 7.07. The van der Waals surface area contributed by atoms with Gasteiger partial charge in [-0.05, 0) is 62.4 Å². The number of nitrogens with zero attached hydrogens (tertiary/aromatic N) is 3. The molecule has 160 valence electrons. The molecule has 1 fully saturated rings. The normalized spacial score (nSPS) is 19.6. The maximum absolute atomic E-state index is 12.7. The molecule has 0 bridgehead atoms. The molecule has 3 heterocycles. The third-order valence-corrected chi connectivity index (χ3v) is 7.04. The summed E-state index contributed by atoms with van der Waals surface area (Å²) in [6.07, 6.45) is 6.84. The summed E-state index contributed by atoms with van der Waals surface area (Å²) in [4.78, 5) is 29.2. The number of hydrogen-bond donors (Lipinski definition) is 0. The van der Waals surface area contributed by atoms with Crippen molar-refractivity contribution in [3.05, 3.63) is 59.4 Å². The molecular formula is C25H33N3O2. The third-order valence-electron chi connectivity index (χ3n) is 7.04. The van der Waals surface area contributed by atoms with Gasteiger partial charge in [-0.3, -0.25) is 9.59 Å². The van der Waals surface area contributed by atoms with Crippen LogP contribution >= 0.6 is 0 Å². The van der Waals surface area contributed by atoms with E-state index in [9.17, 15) is 9.59 Å². The van der Waals surface area contributed by atoms with Crippen LogP contribution < -0.4 is 0 Å². The van der Waals surface area contributed by atoms with E-state index in [4.69, 9.17) is 0 Å². The van der Waals surface area contributed by atoms with Crippen LogP contribution in [0.5, 0.6) is 0 Å². The van der Waals surface area contributed by atoms with E-state index in [1.165, 1.54) is 18.4 Å². The highest BCUT2D eigenvalue weighted by molar-refractivity contribution is 6.08. The van der Waals surface area contributed by atoms with Crippen LogP contribution in [0.25, 0.3) is 0 Å². The van der Waals surface area contributed by atoms with Crippen LogP contribution in [-0.4, -0.2) is 59.3 Å². The maximum atomic E-state index is 12.7. The molecule has 0 atom stereocenters. The van der Waals surface area contributed by atoms with E-state index in [1.807, 2.05) is 16.8 Å². The fraction of sp³-hybridized carbons (Fsp3) is 0.520. The lowest BCUT2D eigenvalue weighted by Gasteiger charge is -2.40. The summed E-state index contributed by atoms with van der Waals surface area (Å²) in [7, 11) is 1.78. The van der Waals surface area contributed by atoms with Crippen molar-refractivity contribution in [2.24, 2.45) is 0 Å². The number of hydrogen-bond acceptors (Lipinski definition) is 3. The van der Waals surface area contributed by atoms with Crippen LogP contribution in [0.4, 0.5) is 0 Å².